The highest BCUT2D eigenvalue weighted by Gasteiger charge is 2.33. The number of carbonyl (C=O) groups excluding carboxylic acids is 1. The molecular weight excluding hydrogens is 448 g/mol. The van der Waals surface area contributed by atoms with Gasteiger partial charge in [-0.05, 0) is 41.8 Å². The zero-order valence-electron chi connectivity index (χ0n) is 17.1. The molecule has 3 aromatic rings. The second-order valence-electron chi connectivity index (χ2n) is 7.22. The van der Waals surface area contributed by atoms with Crippen LogP contribution >= 0.6 is 0 Å². The van der Waals surface area contributed by atoms with E-state index >= 15 is 0 Å². The molecule has 0 saturated heterocycles. The summed E-state index contributed by atoms with van der Waals surface area (Å²) in [7, 11) is 0. The highest BCUT2D eigenvalue weighted by molar-refractivity contribution is 5.97. The first kappa shape index (κ1) is 24.2. The molecule has 3 rings (SSSR count). The van der Waals surface area contributed by atoms with E-state index in [0.717, 1.165) is 30.5 Å². The number of hydrogen-bond acceptors (Lipinski definition) is 3. The molecule has 1 atom stereocenters. The zero-order valence-corrected chi connectivity index (χ0v) is 17.1. The summed E-state index contributed by atoms with van der Waals surface area (Å²) in [4.78, 5) is 17.7. The molecule has 0 aliphatic rings. The molecule has 1 heterocycles. The molecule has 0 radical (unpaired) electrons. The number of anilines is 1. The van der Waals surface area contributed by atoms with Crippen LogP contribution in [0.15, 0.2) is 72.9 Å². The van der Waals surface area contributed by atoms with Crippen molar-refractivity contribution in [2.45, 2.75) is 24.8 Å². The third-order valence-corrected chi connectivity index (χ3v) is 4.95. The van der Waals surface area contributed by atoms with E-state index in [4.69, 9.17) is 5.73 Å². The van der Waals surface area contributed by atoms with Crippen molar-refractivity contribution in [1.29, 1.82) is 0 Å². The first-order chi connectivity index (χ1) is 15.5. The molecular formula is C23H19F6N3O. The number of nitrogens with two attached hydrogens (primary N) is 1. The highest BCUT2D eigenvalue weighted by atomic mass is 19.4. The van der Waals surface area contributed by atoms with E-state index in [0.29, 0.717) is 11.1 Å². The van der Waals surface area contributed by atoms with Crippen molar-refractivity contribution in [1.82, 2.24) is 4.98 Å². The molecule has 10 heteroatoms. The number of carbonyl (C=O) groups is 1. The lowest BCUT2D eigenvalue weighted by atomic mass is 10.0. The Labute approximate surface area is 185 Å². The molecule has 0 bridgehead atoms. The van der Waals surface area contributed by atoms with Gasteiger partial charge >= 0.3 is 12.4 Å². The van der Waals surface area contributed by atoms with Crippen LogP contribution < -0.4 is 10.6 Å². The van der Waals surface area contributed by atoms with Crippen molar-refractivity contribution in [3.63, 3.8) is 0 Å². The molecule has 2 aromatic carbocycles. The number of benzene rings is 2. The predicted molar refractivity (Wildman–Crippen MR) is 110 cm³/mol. The minimum absolute atomic E-state index is 0.0300. The zero-order chi connectivity index (χ0) is 24.2. The first-order valence-corrected chi connectivity index (χ1v) is 9.78. The normalized spacial score (nSPS) is 12.9. The number of nitrogens with zero attached hydrogens (tertiary/aromatic N) is 2. The fourth-order valence-electron chi connectivity index (χ4n) is 3.15. The van der Waals surface area contributed by atoms with E-state index < -0.39 is 35.6 Å². The SMILES string of the molecule is N[C@H](C(=O)N(CCc1ccc(C(F)(F)F)cc1)c1ccc(C(F)(F)F)nc1)c1ccccc1. The van der Waals surface area contributed by atoms with Crippen LogP contribution in [-0.4, -0.2) is 17.4 Å². The topological polar surface area (TPSA) is 59.2 Å². The van der Waals surface area contributed by atoms with Crippen LogP contribution in [-0.2, 0) is 23.6 Å². The van der Waals surface area contributed by atoms with Crippen molar-refractivity contribution in [3.05, 3.63) is 95.3 Å². The number of aromatic nitrogens is 1. The number of alkyl halides is 6. The quantitative estimate of drug-likeness (QED) is 0.495. The van der Waals surface area contributed by atoms with E-state index in [1.807, 2.05) is 0 Å². The van der Waals surface area contributed by atoms with E-state index in [9.17, 15) is 31.1 Å². The number of hydrogen-bond donors (Lipinski definition) is 1. The van der Waals surface area contributed by atoms with E-state index in [1.165, 1.54) is 17.0 Å². The minimum Gasteiger partial charge on any atom is -0.316 e. The fraction of sp³-hybridized carbons (Fsp3) is 0.217. The average molecular weight is 467 g/mol. The predicted octanol–water partition coefficient (Wildman–Crippen LogP) is 5.39. The molecule has 4 nitrogen and oxygen atoms in total. The number of rotatable bonds is 6. The summed E-state index contributed by atoms with van der Waals surface area (Å²) in [6, 6.07) is 13.6. The standard InChI is InChI=1S/C23H19F6N3O/c24-22(25,26)17-8-6-15(7-9-17)12-13-32(18-10-11-19(31-14-18)23(27,28)29)21(33)20(30)16-4-2-1-3-5-16/h1-11,14,20H,12-13,30H2/t20-/m0/s1. The summed E-state index contributed by atoms with van der Waals surface area (Å²) in [6.45, 7) is -0.0300. The third-order valence-electron chi connectivity index (χ3n) is 4.95. The molecule has 2 N–H and O–H groups in total. The Morgan fingerprint density at radius 2 is 1.52 bits per heavy atom. The van der Waals surface area contributed by atoms with Gasteiger partial charge in [-0.3, -0.25) is 4.79 Å². The van der Waals surface area contributed by atoms with Crippen molar-refractivity contribution in [2.24, 2.45) is 5.73 Å². The molecule has 0 aliphatic carbocycles. The molecule has 0 unspecified atom stereocenters. The maximum absolute atomic E-state index is 13.1. The molecule has 33 heavy (non-hydrogen) atoms. The van der Waals surface area contributed by atoms with Gasteiger partial charge in [0.15, 0.2) is 0 Å². The lowest BCUT2D eigenvalue weighted by Crippen LogP contribution is -2.40. The Bertz CT molecular complexity index is 1060. The fourth-order valence-corrected chi connectivity index (χ4v) is 3.15. The van der Waals surface area contributed by atoms with E-state index in [-0.39, 0.29) is 18.7 Å². The smallest absolute Gasteiger partial charge is 0.316 e. The number of amides is 1. The van der Waals surface area contributed by atoms with Crippen molar-refractivity contribution < 1.29 is 31.1 Å². The molecule has 1 amide bonds. The summed E-state index contributed by atoms with van der Waals surface area (Å²) in [5.74, 6) is -0.588. The Hall–Kier alpha value is -3.40. The van der Waals surface area contributed by atoms with Crippen LogP contribution in [0.5, 0.6) is 0 Å². The Balaban J connectivity index is 1.86. The van der Waals surface area contributed by atoms with Gasteiger partial charge in [-0.1, -0.05) is 42.5 Å². The van der Waals surface area contributed by atoms with Crippen molar-refractivity contribution >= 4 is 11.6 Å². The van der Waals surface area contributed by atoms with Gasteiger partial charge in [-0.2, -0.15) is 26.3 Å². The van der Waals surface area contributed by atoms with E-state index in [2.05, 4.69) is 4.98 Å². The highest BCUT2D eigenvalue weighted by Crippen LogP contribution is 2.30. The molecule has 0 fully saturated rings. The Kier molecular flexibility index (Phi) is 7.06. The van der Waals surface area contributed by atoms with Gasteiger partial charge in [0.1, 0.15) is 11.7 Å². The van der Waals surface area contributed by atoms with Gasteiger partial charge in [-0.25, -0.2) is 4.98 Å². The third kappa shape index (κ3) is 6.10. The lowest BCUT2D eigenvalue weighted by Gasteiger charge is -2.26. The molecule has 174 valence electrons. The Morgan fingerprint density at radius 3 is 2.03 bits per heavy atom. The summed E-state index contributed by atoms with van der Waals surface area (Å²) >= 11 is 0. The van der Waals surface area contributed by atoms with Gasteiger partial charge in [-0.15, -0.1) is 0 Å². The lowest BCUT2D eigenvalue weighted by molar-refractivity contribution is -0.141. The number of halogens is 6. The Morgan fingerprint density at radius 1 is 0.879 bits per heavy atom. The molecule has 0 saturated carbocycles. The molecule has 0 aliphatic heterocycles. The van der Waals surface area contributed by atoms with Crippen LogP contribution in [0, 0.1) is 0 Å². The van der Waals surface area contributed by atoms with Crippen LogP contribution in [0.25, 0.3) is 0 Å². The van der Waals surface area contributed by atoms with Gasteiger partial charge in [0, 0.05) is 6.54 Å². The van der Waals surface area contributed by atoms with Crippen LogP contribution in [0.3, 0.4) is 0 Å². The minimum atomic E-state index is -4.64. The average Bonchev–Trinajstić information content (AvgIpc) is 2.78. The van der Waals surface area contributed by atoms with Gasteiger partial charge in [0.2, 0.25) is 5.91 Å². The van der Waals surface area contributed by atoms with Crippen molar-refractivity contribution in [3.8, 4) is 0 Å². The maximum Gasteiger partial charge on any atom is 0.433 e. The maximum atomic E-state index is 13.1. The molecule has 1 aromatic heterocycles. The van der Waals surface area contributed by atoms with E-state index in [1.54, 1.807) is 30.3 Å². The summed E-state index contributed by atoms with van der Waals surface area (Å²) in [5.41, 5.74) is 5.27. The second-order valence-corrected chi connectivity index (χ2v) is 7.22. The largest absolute Gasteiger partial charge is 0.433 e. The summed E-state index contributed by atoms with van der Waals surface area (Å²) < 4.78 is 76.9. The van der Waals surface area contributed by atoms with Gasteiger partial charge < -0.3 is 10.6 Å². The molecule has 0 spiro atoms. The van der Waals surface area contributed by atoms with Crippen LogP contribution in [0.4, 0.5) is 32.0 Å². The summed E-state index contributed by atoms with van der Waals surface area (Å²) in [5, 5.41) is 0. The second kappa shape index (κ2) is 9.62. The van der Waals surface area contributed by atoms with Crippen LogP contribution in [0.1, 0.15) is 28.4 Å². The van der Waals surface area contributed by atoms with Gasteiger partial charge in [0.25, 0.3) is 0 Å². The van der Waals surface area contributed by atoms with Gasteiger partial charge in [0.05, 0.1) is 17.4 Å². The summed E-state index contributed by atoms with van der Waals surface area (Å²) in [6.07, 6.45) is -8.06. The first-order valence-electron chi connectivity index (χ1n) is 9.78. The number of pyridine rings is 1. The monoisotopic (exact) mass is 467 g/mol. The van der Waals surface area contributed by atoms with Crippen molar-refractivity contribution in [2.75, 3.05) is 11.4 Å². The van der Waals surface area contributed by atoms with Crippen LogP contribution in [0.2, 0.25) is 0 Å².